The zero-order valence-electron chi connectivity index (χ0n) is 11.9. The predicted octanol–water partition coefficient (Wildman–Crippen LogP) is 1.77. The monoisotopic (exact) mass is 306 g/mol. The maximum Gasteiger partial charge on any atom is 0.293 e. The Hall–Kier alpha value is -2.41. The van der Waals surface area contributed by atoms with Crippen LogP contribution in [-0.4, -0.2) is 40.8 Å². The minimum Gasteiger partial charge on any atom is -0.479 e. The van der Waals surface area contributed by atoms with Gasteiger partial charge in [0.15, 0.2) is 0 Å². The van der Waals surface area contributed by atoms with Crippen molar-refractivity contribution in [2.45, 2.75) is 18.6 Å². The molecule has 2 aromatic rings. The number of methoxy groups -OCH3 is 1. The summed E-state index contributed by atoms with van der Waals surface area (Å²) in [7, 11) is 1.42. The van der Waals surface area contributed by atoms with E-state index in [0.717, 1.165) is 5.56 Å². The maximum absolute atomic E-state index is 13.0. The number of ether oxygens (including phenoxy) is 1. The molecule has 22 heavy (non-hydrogen) atoms. The van der Waals surface area contributed by atoms with Crippen LogP contribution in [0.5, 0.6) is 5.88 Å². The van der Waals surface area contributed by atoms with E-state index in [1.54, 1.807) is 12.1 Å². The molecular formula is C15H15FN2O4. The molecule has 7 heteroatoms. The van der Waals surface area contributed by atoms with Gasteiger partial charge in [-0.2, -0.15) is 0 Å². The Balaban J connectivity index is 1.86. The highest BCUT2D eigenvalue weighted by molar-refractivity contribution is 5.92. The van der Waals surface area contributed by atoms with Crippen molar-refractivity contribution < 1.29 is 23.6 Å². The second-order valence-corrected chi connectivity index (χ2v) is 5.15. The van der Waals surface area contributed by atoms with E-state index >= 15 is 0 Å². The highest BCUT2D eigenvalue weighted by Gasteiger charge is 2.37. The van der Waals surface area contributed by atoms with E-state index in [1.807, 2.05) is 0 Å². The molecule has 1 aromatic carbocycles. The number of halogens is 1. The van der Waals surface area contributed by atoms with E-state index in [2.05, 4.69) is 5.16 Å². The van der Waals surface area contributed by atoms with Crippen molar-refractivity contribution in [3.63, 3.8) is 0 Å². The van der Waals surface area contributed by atoms with Crippen molar-refractivity contribution in [3.8, 4) is 5.88 Å². The molecule has 0 aliphatic carbocycles. The number of amides is 1. The fourth-order valence-electron chi connectivity index (χ4n) is 2.64. The van der Waals surface area contributed by atoms with Crippen LogP contribution in [0.15, 0.2) is 34.9 Å². The predicted molar refractivity (Wildman–Crippen MR) is 73.9 cm³/mol. The Morgan fingerprint density at radius 1 is 1.45 bits per heavy atom. The number of hydrogen-bond acceptors (Lipinski definition) is 5. The minimum absolute atomic E-state index is 0.0399. The molecule has 1 aliphatic rings. The summed E-state index contributed by atoms with van der Waals surface area (Å²) in [4.78, 5) is 14.0. The molecule has 1 aromatic heterocycles. The number of nitrogens with zero attached hydrogens (tertiary/aromatic N) is 2. The Morgan fingerprint density at radius 3 is 2.82 bits per heavy atom. The van der Waals surface area contributed by atoms with Gasteiger partial charge in [0.25, 0.3) is 11.8 Å². The summed E-state index contributed by atoms with van der Waals surface area (Å²) in [6, 6.07) is 6.95. The SMILES string of the molecule is COc1cc(C(=O)N2CC(O)CC2c2ccc(F)cc2)on1. The third-order valence-corrected chi connectivity index (χ3v) is 3.70. The van der Waals surface area contributed by atoms with Gasteiger partial charge in [0.2, 0.25) is 5.76 Å². The summed E-state index contributed by atoms with van der Waals surface area (Å²) in [5.74, 6) is -0.485. The van der Waals surface area contributed by atoms with Gasteiger partial charge in [0, 0.05) is 6.54 Å². The quantitative estimate of drug-likeness (QED) is 0.935. The van der Waals surface area contributed by atoms with Crippen molar-refractivity contribution in [1.29, 1.82) is 0 Å². The van der Waals surface area contributed by atoms with Gasteiger partial charge in [-0.15, -0.1) is 0 Å². The van der Waals surface area contributed by atoms with Gasteiger partial charge in [-0.3, -0.25) is 4.79 Å². The van der Waals surface area contributed by atoms with E-state index < -0.39 is 6.10 Å². The Labute approximate surface area is 126 Å². The molecule has 1 saturated heterocycles. The largest absolute Gasteiger partial charge is 0.479 e. The maximum atomic E-state index is 13.0. The fourth-order valence-corrected chi connectivity index (χ4v) is 2.64. The van der Waals surface area contributed by atoms with Gasteiger partial charge < -0.3 is 19.3 Å². The molecule has 1 amide bonds. The van der Waals surface area contributed by atoms with Crippen molar-refractivity contribution in [2.24, 2.45) is 0 Å². The molecule has 0 bridgehead atoms. The Bertz CT molecular complexity index is 670. The molecule has 3 rings (SSSR count). The van der Waals surface area contributed by atoms with Crippen LogP contribution in [-0.2, 0) is 0 Å². The van der Waals surface area contributed by atoms with Crippen LogP contribution in [0.4, 0.5) is 4.39 Å². The van der Waals surface area contributed by atoms with Crippen molar-refractivity contribution in [1.82, 2.24) is 10.1 Å². The number of likely N-dealkylation sites (tertiary alicyclic amines) is 1. The first-order chi connectivity index (χ1) is 10.6. The minimum atomic E-state index is -0.635. The van der Waals surface area contributed by atoms with Gasteiger partial charge in [-0.05, 0) is 29.3 Å². The molecule has 116 valence electrons. The first-order valence-electron chi connectivity index (χ1n) is 6.83. The van der Waals surface area contributed by atoms with Gasteiger partial charge >= 0.3 is 0 Å². The van der Waals surface area contributed by atoms with Gasteiger partial charge in [0.05, 0.1) is 25.3 Å². The third-order valence-electron chi connectivity index (χ3n) is 3.70. The summed E-state index contributed by atoms with van der Waals surface area (Å²) < 4.78 is 22.9. The van der Waals surface area contributed by atoms with Crippen LogP contribution in [0.2, 0.25) is 0 Å². The van der Waals surface area contributed by atoms with E-state index in [9.17, 15) is 14.3 Å². The van der Waals surface area contributed by atoms with Gasteiger partial charge in [-0.25, -0.2) is 4.39 Å². The zero-order chi connectivity index (χ0) is 15.7. The summed E-state index contributed by atoms with van der Waals surface area (Å²) in [6.45, 7) is 0.184. The number of aliphatic hydroxyl groups excluding tert-OH is 1. The van der Waals surface area contributed by atoms with Crippen LogP contribution in [0.3, 0.4) is 0 Å². The van der Waals surface area contributed by atoms with Crippen LogP contribution in [0.1, 0.15) is 28.6 Å². The van der Waals surface area contributed by atoms with Crippen molar-refractivity contribution >= 4 is 5.91 Å². The average Bonchev–Trinajstić information content (AvgIpc) is 3.14. The number of benzene rings is 1. The molecule has 1 fully saturated rings. The first-order valence-corrected chi connectivity index (χ1v) is 6.83. The number of aromatic nitrogens is 1. The molecule has 0 saturated carbocycles. The van der Waals surface area contributed by atoms with Crippen LogP contribution >= 0.6 is 0 Å². The number of carbonyl (C=O) groups is 1. The van der Waals surface area contributed by atoms with Crippen LogP contribution in [0, 0.1) is 5.82 Å². The van der Waals surface area contributed by atoms with E-state index in [4.69, 9.17) is 9.26 Å². The standard InChI is InChI=1S/C15H15FN2O4/c1-21-14-7-13(22-17-14)15(20)18-8-11(19)6-12(18)9-2-4-10(16)5-3-9/h2-5,7,11-12,19H,6,8H2,1H3. The molecule has 2 unspecified atom stereocenters. The summed E-state index contributed by atoms with van der Waals surface area (Å²) in [5.41, 5.74) is 0.762. The third kappa shape index (κ3) is 2.67. The Morgan fingerprint density at radius 2 is 2.18 bits per heavy atom. The lowest BCUT2D eigenvalue weighted by molar-refractivity contribution is 0.0673. The molecule has 0 radical (unpaired) electrons. The zero-order valence-corrected chi connectivity index (χ0v) is 11.9. The highest BCUT2D eigenvalue weighted by Crippen LogP contribution is 2.33. The van der Waals surface area contributed by atoms with Crippen LogP contribution in [0.25, 0.3) is 0 Å². The fraction of sp³-hybridized carbons (Fsp3) is 0.333. The number of carbonyl (C=O) groups excluding carboxylic acids is 1. The molecule has 0 spiro atoms. The lowest BCUT2D eigenvalue weighted by Crippen LogP contribution is -2.31. The average molecular weight is 306 g/mol. The van der Waals surface area contributed by atoms with E-state index in [1.165, 1.54) is 30.2 Å². The summed E-state index contributed by atoms with van der Waals surface area (Å²) in [5, 5.41) is 13.5. The van der Waals surface area contributed by atoms with Gasteiger partial charge in [-0.1, -0.05) is 12.1 Å². The normalized spacial score (nSPS) is 21.1. The molecule has 1 aliphatic heterocycles. The van der Waals surface area contributed by atoms with Crippen LogP contribution < -0.4 is 4.74 Å². The van der Waals surface area contributed by atoms with E-state index in [0.29, 0.717) is 6.42 Å². The topological polar surface area (TPSA) is 75.8 Å². The second-order valence-electron chi connectivity index (χ2n) is 5.15. The lowest BCUT2D eigenvalue weighted by Gasteiger charge is -2.23. The van der Waals surface area contributed by atoms with Crippen molar-refractivity contribution in [3.05, 3.63) is 47.5 Å². The lowest BCUT2D eigenvalue weighted by atomic mass is 10.0. The Kier molecular flexibility index (Phi) is 3.81. The molecule has 1 N–H and O–H groups in total. The first kappa shape index (κ1) is 14.5. The summed E-state index contributed by atoms with van der Waals surface area (Å²) >= 11 is 0. The number of aliphatic hydroxyl groups is 1. The second kappa shape index (κ2) is 5.76. The summed E-state index contributed by atoms with van der Waals surface area (Å²) in [6.07, 6.45) is -0.244. The number of hydrogen-bond donors (Lipinski definition) is 1. The molecule has 2 atom stereocenters. The highest BCUT2D eigenvalue weighted by atomic mass is 19.1. The number of rotatable bonds is 3. The van der Waals surface area contributed by atoms with Gasteiger partial charge in [0.1, 0.15) is 5.82 Å². The molecular weight excluding hydrogens is 291 g/mol. The smallest absolute Gasteiger partial charge is 0.293 e. The number of β-amino-alcohol motifs (C(OH)–C–C–N with tert-alkyl or cyclic N) is 1. The van der Waals surface area contributed by atoms with Crippen molar-refractivity contribution in [2.75, 3.05) is 13.7 Å². The van der Waals surface area contributed by atoms with E-state index in [-0.39, 0.29) is 36.0 Å². The molecule has 6 nitrogen and oxygen atoms in total. The molecule has 2 heterocycles.